The molecule has 1 aromatic rings. The van der Waals surface area contributed by atoms with Crippen molar-refractivity contribution in [2.45, 2.75) is 11.8 Å². The van der Waals surface area contributed by atoms with E-state index in [0.717, 1.165) is 0 Å². The zero-order valence-electron chi connectivity index (χ0n) is 9.97. The summed E-state index contributed by atoms with van der Waals surface area (Å²) in [5.74, 6) is -1.09. The molecule has 0 N–H and O–H groups in total. The number of methoxy groups -OCH3 is 1. The Hall–Kier alpha value is -1.27. The maximum atomic E-state index is 11.9. The molecule has 7 heteroatoms. The van der Waals surface area contributed by atoms with Crippen LogP contribution in [-0.2, 0) is 19.4 Å². The van der Waals surface area contributed by atoms with Gasteiger partial charge in [0.1, 0.15) is 5.75 Å². The van der Waals surface area contributed by atoms with Crippen molar-refractivity contribution in [3.8, 4) is 5.75 Å². The van der Waals surface area contributed by atoms with Gasteiger partial charge in [0.25, 0.3) is 0 Å². The van der Waals surface area contributed by atoms with Gasteiger partial charge in [0.05, 0.1) is 23.6 Å². The normalized spacial score (nSPS) is 11.1. The van der Waals surface area contributed by atoms with E-state index < -0.39 is 21.6 Å². The van der Waals surface area contributed by atoms with Gasteiger partial charge in [-0.25, -0.2) is 8.42 Å². The molecule has 18 heavy (non-hydrogen) atoms. The lowest BCUT2D eigenvalue weighted by Gasteiger charge is -2.07. The Labute approximate surface area is 111 Å². The predicted molar refractivity (Wildman–Crippen MR) is 66.7 cm³/mol. The van der Waals surface area contributed by atoms with Crippen LogP contribution in [0, 0.1) is 0 Å². The summed E-state index contributed by atoms with van der Waals surface area (Å²) in [7, 11) is -2.36. The summed E-state index contributed by atoms with van der Waals surface area (Å²) in [4.78, 5) is 11.1. The van der Waals surface area contributed by atoms with E-state index in [2.05, 4.69) is 4.74 Å². The number of hydrogen-bond donors (Lipinski definition) is 0. The van der Waals surface area contributed by atoms with E-state index in [-0.39, 0.29) is 16.5 Å². The van der Waals surface area contributed by atoms with E-state index in [1.54, 1.807) is 6.92 Å². The molecule has 0 radical (unpaired) electrons. The Bertz CT molecular complexity index is 538. The van der Waals surface area contributed by atoms with E-state index in [1.165, 1.54) is 25.3 Å². The van der Waals surface area contributed by atoms with Crippen LogP contribution in [-0.4, -0.2) is 33.9 Å². The van der Waals surface area contributed by atoms with E-state index in [1.807, 2.05) is 0 Å². The molecule has 0 amide bonds. The molecule has 0 spiro atoms. The molecule has 0 unspecified atom stereocenters. The third-order valence-corrected chi connectivity index (χ3v) is 4.15. The number of rotatable bonds is 5. The van der Waals surface area contributed by atoms with Crippen molar-refractivity contribution in [3.63, 3.8) is 0 Å². The van der Waals surface area contributed by atoms with Crippen molar-refractivity contribution in [1.82, 2.24) is 0 Å². The molecule has 0 aliphatic carbocycles. The van der Waals surface area contributed by atoms with Gasteiger partial charge in [0.15, 0.2) is 15.6 Å². The molecule has 0 aromatic heterocycles. The Morgan fingerprint density at radius 2 is 2.06 bits per heavy atom. The molecule has 1 rings (SSSR count). The van der Waals surface area contributed by atoms with Gasteiger partial charge in [0, 0.05) is 6.07 Å². The van der Waals surface area contributed by atoms with Crippen LogP contribution in [0.2, 0.25) is 5.02 Å². The lowest BCUT2D eigenvalue weighted by Crippen LogP contribution is -2.19. The largest absolute Gasteiger partial charge is 0.497 e. The van der Waals surface area contributed by atoms with Crippen molar-refractivity contribution in [2.75, 3.05) is 19.5 Å². The van der Waals surface area contributed by atoms with Gasteiger partial charge in [-0.15, -0.1) is 0 Å². The zero-order valence-corrected chi connectivity index (χ0v) is 11.5. The second-order valence-corrected chi connectivity index (χ2v) is 5.73. The minimum atomic E-state index is -3.80. The first-order chi connectivity index (χ1) is 8.40. The van der Waals surface area contributed by atoms with Gasteiger partial charge in [0.2, 0.25) is 0 Å². The van der Waals surface area contributed by atoms with Crippen LogP contribution >= 0.6 is 11.6 Å². The third kappa shape index (κ3) is 3.61. The highest BCUT2D eigenvalue weighted by Gasteiger charge is 2.23. The van der Waals surface area contributed by atoms with Gasteiger partial charge < -0.3 is 9.47 Å². The van der Waals surface area contributed by atoms with Crippen molar-refractivity contribution >= 4 is 27.4 Å². The number of sulfone groups is 1. The summed E-state index contributed by atoms with van der Waals surface area (Å²) in [5, 5.41) is 0.0126. The molecular weight excluding hydrogens is 280 g/mol. The van der Waals surface area contributed by atoms with Crippen molar-refractivity contribution in [1.29, 1.82) is 0 Å². The molecule has 100 valence electrons. The van der Waals surface area contributed by atoms with E-state index in [4.69, 9.17) is 16.3 Å². The lowest BCUT2D eigenvalue weighted by atomic mass is 10.3. The van der Waals surface area contributed by atoms with Gasteiger partial charge >= 0.3 is 5.97 Å². The third-order valence-electron chi connectivity index (χ3n) is 2.09. The number of carbonyl (C=O) groups excluding carboxylic acids is 1. The van der Waals surface area contributed by atoms with Crippen LogP contribution in [0.5, 0.6) is 5.75 Å². The van der Waals surface area contributed by atoms with Crippen LogP contribution in [0.4, 0.5) is 0 Å². The number of halogens is 1. The van der Waals surface area contributed by atoms with E-state index in [0.29, 0.717) is 5.75 Å². The fraction of sp³-hybridized carbons (Fsp3) is 0.364. The van der Waals surface area contributed by atoms with Crippen molar-refractivity contribution < 1.29 is 22.7 Å². The van der Waals surface area contributed by atoms with E-state index in [9.17, 15) is 13.2 Å². The molecular formula is C11H13ClO5S. The molecule has 5 nitrogen and oxygen atoms in total. The molecule has 0 aliphatic rings. The highest BCUT2D eigenvalue weighted by molar-refractivity contribution is 7.92. The fourth-order valence-electron chi connectivity index (χ4n) is 1.30. The minimum absolute atomic E-state index is 0.0126. The fourth-order valence-corrected chi connectivity index (χ4v) is 3.00. The van der Waals surface area contributed by atoms with Crippen molar-refractivity contribution in [2.24, 2.45) is 0 Å². The highest BCUT2D eigenvalue weighted by Crippen LogP contribution is 2.26. The molecule has 0 fully saturated rings. The molecule has 0 aliphatic heterocycles. The lowest BCUT2D eigenvalue weighted by molar-refractivity contribution is -0.139. The maximum Gasteiger partial charge on any atom is 0.321 e. The number of hydrogen-bond acceptors (Lipinski definition) is 5. The van der Waals surface area contributed by atoms with Crippen LogP contribution in [0.3, 0.4) is 0 Å². The first-order valence-electron chi connectivity index (χ1n) is 5.12. The smallest absolute Gasteiger partial charge is 0.321 e. The van der Waals surface area contributed by atoms with Crippen LogP contribution < -0.4 is 4.74 Å². The molecule has 0 atom stereocenters. The Morgan fingerprint density at radius 3 is 2.56 bits per heavy atom. The van der Waals surface area contributed by atoms with Crippen molar-refractivity contribution in [3.05, 3.63) is 23.2 Å². The summed E-state index contributed by atoms with van der Waals surface area (Å²) >= 11 is 5.84. The molecule has 0 bridgehead atoms. The second kappa shape index (κ2) is 6.06. The first-order valence-corrected chi connectivity index (χ1v) is 7.15. The number of esters is 1. The van der Waals surface area contributed by atoms with Gasteiger partial charge in [-0.1, -0.05) is 11.6 Å². The second-order valence-electron chi connectivity index (χ2n) is 3.36. The summed E-state index contributed by atoms with van der Waals surface area (Å²) < 4.78 is 33.3. The first kappa shape index (κ1) is 14.8. The Balaban J connectivity index is 3.02. The summed E-state index contributed by atoms with van der Waals surface area (Å²) in [6.45, 7) is 1.73. The average Bonchev–Trinajstić information content (AvgIpc) is 2.27. The summed E-state index contributed by atoms with van der Waals surface area (Å²) in [6.07, 6.45) is 0. The average molecular weight is 293 g/mol. The molecule has 0 heterocycles. The predicted octanol–water partition coefficient (Wildman–Crippen LogP) is 1.69. The van der Waals surface area contributed by atoms with E-state index >= 15 is 0 Å². The topological polar surface area (TPSA) is 69.7 Å². The Kier molecular flexibility index (Phi) is 4.98. The van der Waals surface area contributed by atoms with Crippen LogP contribution in [0.25, 0.3) is 0 Å². The Morgan fingerprint density at radius 1 is 1.39 bits per heavy atom. The van der Waals surface area contributed by atoms with Crippen LogP contribution in [0.1, 0.15) is 6.92 Å². The number of ether oxygens (including phenoxy) is 2. The summed E-state index contributed by atoms with van der Waals surface area (Å²) in [5.41, 5.74) is 0. The van der Waals surface area contributed by atoms with Crippen LogP contribution in [0.15, 0.2) is 23.1 Å². The van der Waals surface area contributed by atoms with Gasteiger partial charge in [-0.05, 0) is 19.1 Å². The maximum absolute atomic E-state index is 11.9. The molecule has 0 saturated carbocycles. The number of benzene rings is 1. The molecule has 1 aromatic carbocycles. The van der Waals surface area contributed by atoms with Gasteiger partial charge in [-0.2, -0.15) is 0 Å². The zero-order chi connectivity index (χ0) is 13.8. The molecule has 0 saturated heterocycles. The van der Waals surface area contributed by atoms with Gasteiger partial charge in [-0.3, -0.25) is 4.79 Å². The highest BCUT2D eigenvalue weighted by atomic mass is 35.5. The summed E-state index contributed by atoms with van der Waals surface area (Å²) in [6, 6.07) is 4.14. The number of carbonyl (C=O) groups is 1. The quantitative estimate of drug-likeness (QED) is 0.772. The standard InChI is InChI=1S/C11H13ClO5S/c1-3-17-11(13)7-18(14,15)10-5-4-8(16-2)6-9(10)12/h4-6H,3,7H2,1-2H3. The SMILES string of the molecule is CCOC(=O)CS(=O)(=O)c1ccc(OC)cc1Cl. The minimum Gasteiger partial charge on any atom is -0.497 e. The monoisotopic (exact) mass is 292 g/mol.